The second-order valence-corrected chi connectivity index (χ2v) is 3.34. The van der Waals surface area contributed by atoms with Crippen molar-refractivity contribution in [2.24, 2.45) is 0 Å². The molecule has 1 rings (SSSR count). The molecule has 0 spiro atoms. The molecule has 1 atom stereocenters. The lowest BCUT2D eigenvalue weighted by atomic mass is 10.1. The summed E-state index contributed by atoms with van der Waals surface area (Å²) in [6.45, 7) is 5.74. The Bertz CT molecular complexity index is 138. The van der Waals surface area contributed by atoms with Gasteiger partial charge in [-0.25, -0.2) is 0 Å². The van der Waals surface area contributed by atoms with E-state index in [1.54, 1.807) is 5.57 Å². The minimum absolute atomic E-state index is 0.641. The number of rotatable bonds is 0. The summed E-state index contributed by atoms with van der Waals surface area (Å²) < 4.78 is 0. The highest BCUT2D eigenvalue weighted by atomic mass is 15.1. The van der Waals surface area contributed by atoms with Crippen molar-refractivity contribution < 1.29 is 0 Å². The smallest absolute Gasteiger partial charge is 0.0249 e. The lowest BCUT2D eigenvalue weighted by molar-refractivity contribution is 0.301. The van der Waals surface area contributed by atoms with Crippen molar-refractivity contribution in [2.45, 2.75) is 32.7 Å². The minimum Gasteiger partial charge on any atom is -0.300 e. The zero-order valence-electron chi connectivity index (χ0n) is 7.22. The van der Waals surface area contributed by atoms with Crippen molar-refractivity contribution in [3.8, 4) is 0 Å². The van der Waals surface area contributed by atoms with Gasteiger partial charge in [0.15, 0.2) is 0 Å². The van der Waals surface area contributed by atoms with Crippen LogP contribution in [0.5, 0.6) is 0 Å². The highest BCUT2D eigenvalue weighted by Crippen LogP contribution is 2.13. The van der Waals surface area contributed by atoms with Gasteiger partial charge in [0, 0.05) is 6.04 Å². The highest BCUT2D eigenvalue weighted by Gasteiger charge is 2.09. The second-order valence-electron chi connectivity index (χ2n) is 3.34. The first-order valence-corrected chi connectivity index (χ1v) is 4.07. The molecule has 0 saturated carbocycles. The number of nitrogens with zero attached hydrogens (tertiary/aromatic N) is 1. The molecule has 0 bridgehead atoms. The summed E-state index contributed by atoms with van der Waals surface area (Å²) in [5.74, 6) is 0. The van der Waals surface area contributed by atoms with E-state index in [1.807, 2.05) is 0 Å². The van der Waals surface area contributed by atoms with Crippen LogP contribution in [0.4, 0.5) is 0 Å². The summed E-state index contributed by atoms with van der Waals surface area (Å²) >= 11 is 0. The Hall–Kier alpha value is -0.300. The van der Waals surface area contributed by atoms with Gasteiger partial charge in [0.2, 0.25) is 0 Å². The van der Waals surface area contributed by atoms with E-state index >= 15 is 0 Å². The van der Waals surface area contributed by atoms with Gasteiger partial charge in [-0.05, 0) is 40.3 Å². The van der Waals surface area contributed by atoms with Crippen molar-refractivity contribution in [2.75, 3.05) is 13.6 Å². The molecule has 1 unspecified atom stereocenters. The fourth-order valence-corrected chi connectivity index (χ4v) is 1.43. The van der Waals surface area contributed by atoms with Crippen LogP contribution >= 0.6 is 0 Å². The van der Waals surface area contributed by atoms with E-state index < -0.39 is 0 Å². The van der Waals surface area contributed by atoms with Crippen LogP contribution in [0.25, 0.3) is 0 Å². The Kier molecular flexibility index (Phi) is 2.50. The summed E-state index contributed by atoms with van der Waals surface area (Å²) in [5, 5.41) is 0. The van der Waals surface area contributed by atoms with E-state index in [0.29, 0.717) is 6.04 Å². The van der Waals surface area contributed by atoms with E-state index in [9.17, 15) is 0 Å². The molecule has 10 heavy (non-hydrogen) atoms. The summed E-state index contributed by atoms with van der Waals surface area (Å²) in [6.07, 6.45) is 4.98. The van der Waals surface area contributed by atoms with Gasteiger partial charge in [0.25, 0.3) is 0 Å². The largest absolute Gasteiger partial charge is 0.300 e. The van der Waals surface area contributed by atoms with E-state index in [4.69, 9.17) is 0 Å². The van der Waals surface area contributed by atoms with Gasteiger partial charge in [-0.3, -0.25) is 0 Å². The Labute approximate surface area is 63.7 Å². The molecule has 1 aliphatic heterocycles. The second kappa shape index (κ2) is 3.20. The molecule has 0 aliphatic carbocycles. The summed E-state index contributed by atoms with van der Waals surface area (Å²) in [6, 6.07) is 0.641. The molecule has 0 aromatic rings. The first-order valence-electron chi connectivity index (χ1n) is 4.07. The maximum Gasteiger partial charge on any atom is 0.0249 e. The summed E-state index contributed by atoms with van der Waals surface area (Å²) in [7, 11) is 2.19. The quantitative estimate of drug-likeness (QED) is 0.464. The average molecular weight is 139 g/mol. The van der Waals surface area contributed by atoms with E-state index in [1.165, 1.54) is 19.4 Å². The summed E-state index contributed by atoms with van der Waals surface area (Å²) in [4.78, 5) is 2.40. The number of likely N-dealkylation sites (N-methyl/N-ethyl adjacent to an activating group) is 1. The Morgan fingerprint density at radius 3 is 3.00 bits per heavy atom. The molecular weight excluding hydrogens is 122 g/mol. The van der Waals surface area contributed by atoms with Crippen molar-refractivity contribution in [1.29, 1.82) is 0 Å². The first kappa shape index (κ1) is 7.80. The maximum absolute atomic E-state index is 2.40. The van der Waals surface area contributed by atoms with Crippen molar-refractivity contribution in [1.82, 2.24) is 4.90 Å². The Morgan fingerprint density at radius 1 is 1.60 bits per heavy atom. The van der Waals surface area contributed by atoms with Crippen molar-refractivity contribution in [3.63, 3.8) is 0 Å². The van der Waals surface area contributed by atoms with Crippen molar-refractivity contribution >= 4 is 0 Å². The SMILES string of the molecule is CC1=CC(C)N(C)CCC1. The van der Waals surface area contributed by atoms with Crippen LogP contribution in [-0.4, -0.2) is 24.5 Å². The molecule has 1 aliphatic rings. The van der Waals surface area contributed by atoms with Crippen LogP contribution in [0.15, 0.2) is 11.6 Å². The molecule has 1 nitrogen and oxygen atoms in total. The molecule has 0 aromatic carbocycles. The molecule has 0 saturated heterocycles. The molecule has 0 radical (unpaired) electrons. The molecule has 1 heterocycles. The van der Waals surface area contributed by atoms with E-state index in [2.05, 4.69) is 31.9 Å². The molecule has 1 heteroatoms. The van der Waals surface area contributed by atoms with Crippen LogP contribution in [-0.2, 0) is 0 Å². The number of hydrogen-bond acceptors (Lipinski definition) is 1. The third-order valence-corrected chi connectivity index (χ3v) is 2.30. The fourth-order valence-electron chi connectivity index (χ4n) is 1.43. The van der Waals surface area contributed by atoms with Gasteiger partial charge in [0.05, 0.1) is 0 Å². The molecule has 0 fully saturated rings. The van der Waals surface area contributed by atoms with Gasteiger partial charge in [-0.15, -0.1) is 0 Å². The van der Waals surface area contributed by atoms with E-state index in [-0.39, 0.29) is 0 Å². The monoisotopic (exact) mass is 139 g/mol. The van der Waals surface area contributed by atoms with Gasteiger partial charge in [0.1, 0.15) is 0 Å². The Morgan fingerprint density at radius 2 is 2.30 bits per heavy atom. The van der Waals surface area contributed by atoms with Gasteiger partial charge >= 0.3 is 0 Å². The topological polar surface area (TPSA) is 3.24 Å². The standard InChI is InChI=1S/C9H17N/c1-8-5-4-6-10(3)9(2)7-8/h7,9H,4-6H2,1-3H3. The third kappa shape index (κ3) is 1.84. The van der Waals surface area contributed by atoms with Crippen LogP contribution in [0.3, 0.4) is 0 Å². The average Bonchev–Trinajstić information content (AvgIpc) is 1.96. The molecule has 58 valence electrons. The van der Waals surface area contributed by atoms with Crippen LogP contribution in [0.1, 0.15) is 26.7 Å². The first-order chi connectivity index (χ1) is 4.70. The molecule has 0 N–H and O–H groups in total. The van der Waals surface area contributed by atoms with Gasteiger partial charge in [-0.2, -0.15) is 0 Å². The normalized spacial score (nSPS) is 29.5. The summed E-state index contributed by atoms with van der Waals surface area (Å²) in [5.41, 5.74) is 1.55. The predicted octanol–water partition coefficient (Wildman–Crippen LogP) is 2.05. The van der Waals surface area contributed by atoms with Crippen LogP contribution in [0.2, 0.25) is 0 Å². The lowest BCUT2D eigenvalue weighted by Gasteiger charge is -2.19. The lowest BCUT2D eigenvalue weighted by Crippen LogP contribution is -2.26. The zero-order chi connectivity index (χ0) is 7.56. The molecule has 0 aromatic heterocycles. The molecular formula is C9H17N. The maximum atomic E-state index is 2.40. The Balaban J connectivity index is 2.59. The molecule has 0 amide bonds. The van der Waals surface area contributed by atoms with Crippen LogP contribution < -0.4 is 0 Å². The minimum atomic E-state index is 0.641. The third-order valence-electron chi connectivity index (χ3n) is 2.30. The number of allylic oxidation sites excluding steroid dienone is 1. The number of hydrogen-bond donors (Lipinski definition) is 0. The fraction of sp³-hybridized carbons (Fsp3) is 0.778. The van der Waals surface area contributed by atoms with Gasteiger partial charge < -0.3 is 4.90 Å². The predicted molar refractivity (Wildman–Crippen MR) is 45.1 cm³/mol. The zero-order valence-corrected chi connectivity index (χ0v) is 7.22. The van der Waals surface area contributed by atoms with Crippen LogP contribution in [0, 0.1) is 0 Å². The van der Waals surface area contributed by atoms with E-state index in [0.717, 1.165) is 0 Å². The van der Waals surface area contributed by atoms with Crippen molar-refractivity contribution in [3.05, 3.63) is 11.6 Å². The van der Waals surface area contributed by atoms with Gasteiger partial charge in [-0.1, -0.05) is 11.6 Å². The highest BCUT2D eigenvalue weighted by molar-refractivity contribution is 5.05.